The molecule has 2 aromatic carbocycles. The van der Waals surface area contributed by atoms with Gasteiger partial charge in [0.1, 0.15) is 0 Å². The molecule has 11 nitrogen and oxygen atoms in total. The van der Waals surface area contributed by atoms with Gasteiger partial charge in [-0.05, 0) is 40.8 Å². The van der Waals surface area contributed by atoms with E-state index in [9.17, 15) is 19.2 Å². The van der Waals surface area contributed by atoms with Gasteiger partial charge in [-0.2, -0.15) is 0 Å². The number of methoxy groups -OCH3 is 2. The molecule has 0 saturated carbocycles. The summed E-state index contributed by atoms with van der Waals surface area (Å²) < 4.78 is 23.8. The highest BCUT2D eigenvalue weighted by Gasteiger charge is 2.28. The Hall–Kier alpha value is -4.32. The van der Waals surface area contributed by atoms with E-state index in [1.165, 1.54) is 32.3 Å². The van der Waals surface area contributed by atoms with Crippen molar-refractivity contribution >= 4 is 45.1 Å². The number of amides is 1. The van der Waals surface area contributed by atoms with Crippen LogP contribution in [0.15, 0.2) is 30.3 Å². The molecule has 12 heteroatoms. The second-order valence-electron chi connectivity index (χ2n) is 10.5. The highest BCUT2D eigenvalue weighted by atomic mass is 32.1. The van der Waals surface area contributed by atoms with Crippen molar-refractivity contribution in [1.82, 2.24) is 4.90 Å². The van der Waals surface area contributed by atoms with Crippen molar-refractivity contribution in [3.8, 4) is 23.0 Å². The number of benzene rings is 2. The molecule has 4 rings (SSSR count). The summed E-state index contributed by atoms with van der Waals surface area (Å²) in [5.74, 6) is -1.82. The Kier molecular flexibility index (Phi) is 10.1. The van der Waals surface area contributed by atoms with Gasteiger partial charge in [0.2, 0.25) is 5.91 Å². The third-order valence-corrected chi connectivity index (χ3v) is 8.40. The largest absolute Gasteiger partial charge is 0.493 e. The van der Waals surface area contributed by atoms with Crippen molar-refractivity contribution < 1.29 is 48.3 Å². The second-order valence-corrected chi connectivity index (χ2v) is 11.6. The number of nitrogens with zero attached hydrogens (tertiary/aromatic N) is 1. The Morgan fingerprint density at radius 1 is 0.791 bits per heavy atom. The van der Waals surface area contributed by atoms with E-state index in [-0.39, 0.29) is 24.5 Å². The molecule has 1 aliphatic rings. The molecular weight excluding hydrogens is 578 g/mol. The number of ketones is 1. The van der Waals surface area contributed by atoms with Crippen molar-refractivity contribution in [1.29, 1.82) is 0 Å². The predicted octanol–water partition coefficient (Wildman–Crippen LogP) is 5.01. The van der Waals surface area contributed by atoms with Gasteiger partial charge in [-0.1, -0.05) is 13.8 Å². The number of fused-ring (bicyclic) bond motifs is 2. The first-order valence-electron chi connectivity index (χ1n) is 13.8. The molecule has 3 aromatic rings. The van der Waals surface area contributed by atoms with Gasteiger partial charge in [-0.25, -0.2) is 0 Å². The minimum Gasteiger partial charge on any atom is -0.493 e. The first kappa shape index (κ1) is 31.6. The van der Waals surface area contributed by atoms with Crippen LogP contribution in [0.4, 0.5) is 0 Å². The fourth-order valence-corrected chi connectivity index (χ4v) is 5.70. The van der Waals surface area contributed by atoms with E-state index in [1.807, 2.05) is 18.2 Å². The molecule has 0 unspecified atom stereocenters. The highest BCUT2D eigenvalue weighted by molar-refractivity contribution is 7.20. The number of carboxylic acid groups (broad SMARTS) is 2. The van der Waals surface area contributed by atoms with E-state index >= 15 is 0 Å². The van der Waals surface area contributed by atoms with Gasteiger partial charge in [0.05, 0.1) is 44.1 Å². The van der Waals surface area contributed by atoms with Gasteiger partial charge in [-0.3, -0.25) is 19.2 Å². The van der Waals surface area contributed by atoms with Gasteiger partial charge in [0, 0.05) is 43.1 Å². The minimum atomic E-state index is -1.01. The number of hydrogen-bond acceptors (Lipinski definition) is 9. The number of thiophene rings is 1. The van der Waals surface area contributed by atoms with E-state index in [0.29, 0.717) is 60.6 Å². The van der Waals surface area contributed by atoms with Crippen LogP contribution >= 0.6 is 11.3 Å². The summed E-state index contributed by atoms with van der Waals surface area (Å²) in [5, 5.41) is 19.0. The van der Waals surface area contributed by atoms with E-state index in [1.54, 1.807) is 24.1 Å². The van der Waals surface area contributed by atoms with E-state index in [0.717, 1.165) is 21.2 Å². The topological polar surface area (TPSA) is 149 Å². The SMILES string of the molecule is COc1cc2c(cc1OCCCOc1cc3sc(C(=O)C[C@H](C)C(=O)O)cc3cc1OC)CN(C(=O)C[C@H](C)C(=O)O)C2. The predicted molar refractivity (Wildman–Crippen MR) is 158 cm³/mol. The number of carbonyl (C=O) groups is 4. The van der Waals surface area contributed by atoms with Gasteiger partial charge < -0.3 is 34.1 Å². The van der Waals surface area contributed by atoms with E-state index in [2.05, 4.69) is 0 Å². The molecule has 2 atom stereocenters. The molecule has 2 heterocycles. The number of aliphatic carboxylic acids is 2. The lowest BCUT2D eigenvalue weighted by Gasteiger charge is -2.16. The molecule has 1 aromatic heterocycles. The Morgan fingerprint density at radius 2 is 1.33 bits per heavy atom. The molecule has 0 fully saturated rings. The number of Topliss-reactive ketones (excluding diaryl/α,β-unsaturated/α-hetero) is 1. The Bertz CT molecular complexity index is 1530. The number of ether oxygens (including phenoxy) is 4. The summed E-state index contributed by atoms with van der Waals surface area (Å²) >= 11 is 1.29. The molecule has 43 heavy (non-hydrogen) atoms. The number of hydrogen-bond donors (Lipinski definition) is 2. The monoisotopic (exact) mass is 613 g/mol. The first-order valence-corrected chi connectivity index (χ1v) is 14.7. The average Bonchev–Trinajstić information content (AvgIpc) is 3.59. The zero-order valence-electron chi connectivity index (χ0n) is 24.5. The highest BCUT2D eigenvalue weighted by Crippen LogP contribution is 2.38. The zero-order valence-corrected chi connectivity index (χ0v) is 25.3. The molecule has 0 radical (unpaired) electrons. The van der Waals surface area contributed by atoms with Crippen LogP contribution in [0.2, 0.25) is 0 Å². The molecule has 1 aliphatic heterocycles. The molecular formula is C31H35NO10S. The van der Waals surface area contributed by atoms with Crippen LogP contribution in [0, 0.1) is 11.8 Å². The second kappa shape index (κ2) is 13.8. The van der Waals surface area contributed by atoms with Crippen molar-refractivity contribution in [3.63, 3.8) is 0 Å². The van der Waals surface area contributed by atoms with Gasteiger partial charge in [0.25, 0.3) is 0 Å². The fourth-order valence-electron chi connectivity index (χ4n) is 4.68. The van der Waals surface area contributed by atoms with Crippen LogP contribution < -0.4 is 18.9 Å². The summed E-state index contributed by atoms with van der Waals surface area (Å²) in [6, 6.07) is 9.04. The Morgan fingerprint density at radius 3 is 1.91 bits per heavy atom. The summed E-state index contributed by atoms with van der Waals surface area (Å²) in [7, 11) is 3.08. The van der Waals surface area contributed by atoms with Crippen LogP contribution in [-0.2, 0) is 27.5 Å². The molecule has 0 saturated heterocycles. The number of carboxylic acids is 2. The van der Waals surface area contributed by atoms with E-state index in [4.69, 9.17) is 29.2 Å². The van der Waals surface area contributed by atoms with Crippen LogP contribution in [0.5, 0.6) is 23.0 Å². The summed E-state index contributed by atoms with van der Waals surface area (Å²) in [6.45, 7) is 4.45. The van der Waals surface area contributed by atoms with Crippen LogP contribution in [0.3, 0.4) is 0 Å². The van der Waals surface area contributed by atoms with Crippen LogP contribution in [0.1, 0.15) is 53.9 Å². The van der Waals surface area contributed by atoms with Gasteiger partial charge in [-0.15, -0.1) is 11.3 Å². The molecule has 2 N–H and O–H groups in total. The van der Waals surface area contributed by atoms with Crippen molar-refractivity contribution in [2.45, 2.75) is 46.2 Å². The standard InChI is InChI=1S/C31H35NO10S/c1-17(30(35)36)8-22(33)28-13-19-10-23(39-3)26(14-27(19)43-28)42-7-5-6-41-25-12-21-16-32(15-20(21)11-24(25)40-4)29(34)9-18(2)31(37)38/h10-14,17-18H,5-9,15-16H2,1-4H3,(H,35,36)(H,37,38)/t17-,18-/m0/s1. The molecule has 0 aliphatic carbocycles. The zero-order chi connectivity index (χ0) is 31.3. The fraction of sp³-hybridized carbons (Fsp3) is 0.419. The number of rotatable bonds is 15. The van der Waals surface area contributed by atoms with Gasteiger partial charge in [0.15, 0.2) is 28.8 Å². The van der Waals surface area contributed by atoms with Crippen molar-refractivity contribution in [3.05, 3.63) is 46.3 Å². The maximum absolute atomic E-state index is 12.6. The average molecular weight is 614 g/mol. The van der Waals surface area contributed by atoms with Crippen molar-refractivity contribution in [2.75, 3.05) is 27.4 Å². The number of carbonyl (C=O) groups excluding carboxylic acids is 2. The maximum Gasteiger partial charge on any atom is 0.306 e. The lowest BCUT2D eigenvalue weighted by atomic mass is 10.0. The van der Waals surface area contributed by atoms with E-state index < -0.39 is 23.8 Å². The summed E-state index contributed by atoms with van der Waals surface area (Å²) in [6.07, 6.45) is 0.417. The summed E-state index contributed by atoms with van der Waals surface area (Å²) in [5.41, 5.74) is 1.86. The molecule has 230 valence electrons. The molecule has 0 spiro atoms. The lowest BCUT2D eigenvalue weighted by Crippen LogP contribution is -2.28. The van der Waals surface area contributed by atoms with Crippen LogP contribution in [0.25, 0.3) is 10.1 Å². The minimum absolute atomic E-state index is 0.0562. The molecule has 0 bridgehead atoms. The Labute approximate surface area is 252 Å². The third kappa shape index (κ3) is 7.56. The maximum atomic E-state index is 12.6. The third-order valence-electron chi connectivity index (χ3n) is 7.26. The lowest BCUT2D eigenvalue weighted by molar-refractivity contribution is -0.145. The van der Waals surface area contributed by atoms with Crippen molar-refractivity contribution in [2.24, 2.45) is 11.8 Å². The summed E-state index contributed by atoms with van der Waals surface area (Å²) in [4.78, 5) is 49.5. The van der Waals surface area contributed by atoms with Gasteiger partial charge >= 0.3 is 11.9 Å². The first-order chi connectivity index (χ1) is 20.5. The smallest absolute Gasteiger partial charge is 0.306 e. The molecule has 1 amide bonds. The Balaban J connectivity index is 1.34. The quantitative estimate of drug-likeness (QED) is 0.177. The van der Waals surface area contributed by atoms with Crippen LogP contribution in [-0.4, -0.2) is 66.2 Å². The normalized spacial score (nSPS) is 13.7.